The Morgan fingerprint density at radius 1 is 1.67 bits per heavy atom. The number of aromatic nitrogens is 1. The zero-order valence-electron chi connectivity index (χ0n) is 6.20. The van der Waals surface area contributed by atoms with E-state index < -0.39 is 0 Å². The molecule has 2 heterocycles. The molecule has 62 valence electrons. The minimum atomic E-state index is -0.0915. The van der Waals surface area contributed by atoms with Crippen LogP contribution in [-0.2, 0) is 6.61 Å². The van der Waals surface area contributed by atoms with Crippen LogP contribution in [0.15, 0.2) is 16.7 Å². The molecule has 2 aromatic heterocycles. The van der Waals surface area contributed by atoms with E-state index in [1.807, 2.05) is 0 Å². The molecule has 0 saturated carbocycles. The SMILES string of the molecule is O=Cc1cc2occ(CO)c2[nH]1. The van der Waals surface area contributed by atoms with Gasteiger partial charge >= 0.3 is 0 Å². The molecule has 2 N–H and O–H groups in total. The van der Waals surface area contributed by atoms with E-state index in [-0.39, 0.29) is 6.61 Å². The third-order valence-electron chi connectivity index (χ3n) is 1.75. The molecule has 0 amide bonds. The third-order valence-corrected chi connectivity index (χ3v) is 1.75. The number of aldehydes is 1. The monoisotopic (exact) mass is 165 g/mol. The Morgan fingerprint density at radius 2 is 2.50 bits per heavy atom. The van der Waals surface area contributed by atoms with E-state index in [1.165, 1.54) is 6.26 Å². The molecule has 4 nitrogen and oxygen atoms in total. The smallest absolute Gasteiger partial charge is 0.166 e. The van der Waals surface area contributed by atoms with E-state index in [2.05, 4.69) is 4.98 Å². The number of nitrogens with one attached hydrogen (secondary N) is 1. The van der Waals surface area contributed by atoms with Gasteiger partial charge < -0.3 is 14.5 Å². The summed E-state index contributed by atoms with van der Waals surface area (Å²) in [6, 6.07) is 1.60. The van der Waals surface area contributed by atoms with E-state index in [4.69, 9.17) is 9.52 Å². The van der Waals surface area contributed by atoms with Gasteiger partial charge in [-0.05, 0) is 0 Å². The number of aromatic amines is 1. The highest BCUT2D eigenvalue weighted by molar-refractivity contribution is 5.86. The molecule has 0 bridgehead atoms. The quantitative estimate of drug-likeness (QED) is 0.654. The van der Waals surface area contributed by atoms with Gasteiger partial charge in [-0.2, -0.15) is 0 Å². The molecule has 0 fully saturated rings. The molecule has 0 atom stereocenters. The van der Waals surface area contributed by atoms with E-state index >= 15 is 0 Å². The molecule has 0 aliphatic carbocycles. The fourth-order valence-electron chi connectivity index (χ4n) is 1.16. The molecule has 12 heavy (non-hydrogen) atoms. The molecule has 0 aliphatic heterocycles. The summed E-state index contributed by atoms with van der Waals surface area (Å²) < 4.78 is 5.07. The lowest BCUT2D eigenvalue weighted by molar-refractivity contribution is 0.111. The second-order valence-corrected chi connectivity index (χ2v) is 2.50. The minimum Gasteiger partial charge on any atom is -0.462 e. The van der Waals surface area contributed by atoms with Gasteiger partial charge in [-0.1, -0.05) is 0 Å². The fraction of sp³-hybridized carbons (Fsp3) is 0.125. The Balaban J connectivity index is 2.68. The van der Waals surface area contributed by atoms with Crippen molar-refractivity contribution in [2.75, 3.05) is 0 Å². The van der Waals surface area contributed by atoms with E-state index in [9.17, 15) is 4.79 Å². The summed E-state index contributed by atoms with van der Waals surface area (Å²) >= 11 is 0. The number of carbonyl (C=O) groups is 1. The van der Waals surface area contributed by atoms with Gasteiger partial charge in [0.1, 0.15) is 0 Å². The molecule has 2 rings (SSSR count). The Labute approximate surface area is 67.8 Å². The van der Waals surface area contributed by atoms with Gasteiger partial charge in [0, 0.05) is 11.6 Å². The van der Waals surface area contributed by atoms with Crippen molar-refractivity contribution in [2.45, 2.75) is 6.61 Å². The first-order valence-corrected chi connectivity index (χ1v) is 3.50. The van der Waals surface area contributed by atoms with Gasteiger partial charge in [-0.15, -0.1) is 0 Å². The van der Waals surface area contributed by atoms with Crippen LogP contribution in [0.25, 0.3) is 11.1 Å². The maximum Gasteiger partial charge on any atom is 0.166 e. The average molecular weight is 165 g/mol. The summed E-state index contributed by atoms with van der Waals surface area (Å²) in [6.45, 7) is -0.0915. The lowest BCUT2D eigenvalue weighted by Crippen LogP contribution is -1.81. The lowest BCUT2D eigenvalue weighted by Gasteiger charge is -1.84. The average Bonchev–Trinajstić information content (AvgIpc) is 2.61. The summed E-state index contributed by atoms with van der Waals surface area (Å²) in [5.74, 6) is 0. The van der Waals surface area contributed by atoms with Crippen LogP contribution in [0.3, 0.4) is 0 Å². The van der Waals surface area contributed by atoms with E-state index in [0.29, 0.717) is 28.6 Å². The summed E-state index contributed by atoms with van der Waals surface area (Å²) in [6.07, 6.45) is 2.17. The molecule has 4 heteroatoms. The standard InChI is InChI=1S/C8H7NO3/c10-2-5-4-12-7-1-6(3-11)9-8(5)7/h1,3-4,9-10H,2H2. The number of H-pyrrole nitrogens is 1. The first-order chi connectivity index (χ1) is 5.85. The largest absolute Gasteiger partial charge is 0.462 e. The first-order valence-electron chi connectivity index (χ1n) is 3.50. The van der Waals surface area contributed by atoms with Crippen molar-refractivity contribution in [3.05, 3.63) is 23.6 Å². The van der Waals surface area contributed by atoms with Crippen LogP contribution in [0.4, 0.5) is 0 Å². The molecule has 0 aliphatic rings. The summed E-state index contributed by atoms with van der Waals surface area (Å²) in [4.78, 5) is 13.2. The normalized spacial score (nSPS) is 10.8. The third kappa shape index (κ3) is 0.853. The molecule has 0 spiro atoms. The summed E-state index contributed by atoms with van der Waals surface area (Å²) in [5.41, 5.74) is 2.41. The summed E-state index contributed by atoms with van der Waals surface area (Å²) in [7, 11) is 0. The van der Waals surface area contributed by atoms with Crippen LogP contribution in [0.5, 0.6) is 0 Å². The molecule has 0 saturated heterocycles. The van der Waals surface area contributed by atoms with E-state index in [1.54, 1.807) is 6.07 Å². The maximum atomic E-state index is 10.3. The van der Waals surface area contributed by atoms with Crippen LogP contribution in [-0.4, -0.2) is 16.4 Å². The number of fused-ring (bicyclic) bond motifs is 1. The van der Waals surface area contributed by atoms with E-state index in [0.717, 1.165) is 0 Å². The maximum absolute atomic E-state index is 10.3. The van der Waals surface area contributed by atoms with Crippen molar-refractivity contribution in [3.8, 4) is 0 Å². The van der Waals surface area contributed by atoms with Crippen molar-refractivity contribution < 1.29 is 14.3 Å². The van der Waals surface area contributed by atoms with Crippen LogP contribution in [0.1, 0.15) is 16.1 Å². The van der Waals surface area contributed by atoms with Gasteiger partial charge in [-0.3, -0.25) is 4.79 Å². The highest BCUT2D eigenvalue weighted by Gasteiger charge is 2.07. The molecular formula is C8H7NO3. The highest BCUT2D eigenvalue weighted by atomic mass is 16.3. The van der Waals surface area contributed by atoms with Crippen molar-refractivity contribution in [2.24, 2.45) is 0 Å². The Bertz CT molecular complexity index is 413. The van der Waals surface area contributed by atoms with Gasteiger partial charge in [0.2, 0.25) is 0 Å². The number of furan rings is 1. The van der Waals surface area contributed by atoms with Gasteiger partial charge in [0.25, 0.3) is 0 Å². The van der Waals surface area contributed by atoms with Crippen LogP contribution >= 0.6 is 0 Å². The number of hydrogen-bond donors (Lipinski definition) is 2. The van der Waals surface area contributed by atoms with Gasteiger partial charge in [-0.25, -0.2) is 0 Å². The van der Waals surface area contributed by atoms with Crippen molar-refractivity contribution in [1.29, 1.82) is 0 Å². The van der Waals surface area contributed by atoms with Crippen LogP contribution in [0, 0.1) is 0 Å². The van der Waals surface area contributed by atoms with Crippen molar-refractivity contribution in [1.82, 2.24) is 4.98 Å². The molecule has 2 aromatic rings. The van der Waals surface area contributed by atoms with Crippen molar-refractivity contribution >= 4 is 17.4 Å². The zero-order chi connectivity index (χ0) is 8.55. The minimum absolute atomic E-state index is 0.0915. The predicted molar refractivity (Wildman–Crippen MR) is 41.9 cm³/mol. The number of hydrogen-bond acceptors (Lipinski definition) is 3. The van der Waals surface area contributed by atoms with Gasteiger partial charge in [0.05, 0.1) is 24.1 Å². The Kier molecular flexibility index (Phi) is 1.48. The second-order valence-electron chi connectivity index (χ2n) is 2.50. The number of carbonyl (C=O) groups excluding carboxylic acids is 1. The number of aliphatic hydroxyl groups excluding tert-OH is 1. The topological polar surface area (TPSA) is 66.2 Å². The number of rotatable bonds is 2. The van der Waals surface area contributed by atoms with Crippen LogP contribution in [0.2, 0.25) is 0 Å². The highest BCUT2D eigenvalue weighted by Crippen LogP contribution is 2.20. The Hall–Kier alpha value is -1.55. The van der Waals surface area contributed by atoms with Gasteiger partial charge in [0.15, 0.2) is 11.9 Å². The van der Waals surface area contributed by atoms with Crippen molar-refractivity contribution in [3.63, 3.8) is 0 Å². The fourth-order valence-corrected chi connectivity index (χ4v) is 1.16. The molecule has 0 radical (unpaired) electrons. The van der Waals surface area contributed by atoms with Crippen LogP contribution < -0.4 is 0 Å². The molecule has 0 aromatic carbocycles. The molecular weight excluding hydrogens is 158 g/mol. The zero-order valence-corrected chi connectivity index (χ0v) is 6.20. The second kappa shape index (κ2) is 2.49. The molecule has 0 unspecified atom stereocenters. The lowest BCUT2D eigenvalue weighted by atomic mass is 10.3. The number of aliphatic hydroxyl groups is 1. The Morgan fingerprint density at radius 3 is 3.17 bits per heavy atom. The predicted octanol–water partition coefficient (Wildman–Crippen LogP) is 1.07. The summed E-state index contributed by atoms with van der Waals surface area (Å²) in [5, 5.41) is 8.84. The first kappa shape index (κ1) is 7.12.